The van der Waals surface area contributed by atoms with Crippen molar-refractivity contribution in [3.63, 3.8) is 0 Å². The number of nitrogens with one attached hydrogen (secondary N) is 2. The molecule has 1 aliphatic heterocycles. The zero-order valence-electron chi connectivity index (χ0n) is 16.7. The molecule has 3 N–H and O–H groups in total. The Morgan fingerprint density at radius 1 is 1.11 bits per heavy atom. The maximum absolute atomic E-state index is 13.0. The fourth-order valence-corrected chi connectivity index (χ4v) is 4.82. The third-order valence-corrected chi connectivity index (χ3v) is 6.00. The molecule has 0 aliphatic carbocycles. The minimum atomic E-state index is -3.84. The Kier molecular flexibility index (Phi) is 6.46. The van der Waals surface area contributed by atoms with Crippen LogP contribution in [-0.4, -0.2) is 37.1 Å². The summed E-state index contributed by atoms with van der Waals surface area (Å²) in [6, 6.07) is 6.85. The van der Waals surface area contributed by atoms with Gasteiger partial charge in [-0.25, -0.2) is 17.9 Å². The van der Waals surface area contributed by atoms with Crippen LogP contribution in [0.5, 0.6) is 0 Å². The number of ketones is 1. The second-order valence-corrected chi connectivity index (χ2v) is 9.01. The highest BCUT2D eigenvalue weighted by molar-refractivity contribution is 7.90. The molecule has 0 radical (unpaired) electrons. The largest absolute Gasteiger partial charge is 0.478 e. The van der Waals surface area contributed by atoms with Crippen LogP contribution in [0.3, 0.4) is 0 Å². The van der Waals surface area contributed by atoms with Crippen LogP contribution in [0.2, 0.25) is 0 Å². The fraction of sp³-hybridized carbons (Fsp3) is 0.400. The van der Waals surface area contributed by atoms with Gasteiger partial charge in [-0.05, 0) is 45.7 Å². The molecule has 0 bridgehead atoms. The van der Waals surface area contributed by atoms with Gasteiger partial charge in [0.1, 0.15) is 5.75 Å². The first-order valence-electron chi connectivity index (χ1n) is 8.95. The van der Waals surface area contributed by atoms with Crippen molar-refractivity contribution < 1.29 is 23.1 Å². The molecule has 0 saturated carbocycles. The monoisotopic (exact) mass is 406 g/mol. The van der Waals surface area contributed by atoms with E-state index < -0.39 is 33.4 Å². The van der Waals surface area contributed by atoms with Gasteiger partial charge in [-0.15, -0.1) is 0 Å². The number of Topliss-reactive ketones (excluding diaryl/α,β-unsaturated/α-hetero) is 1. The van der Waals surface area contributed by atoms with E-state index in [1.54, 1.807) is 39.8 Å². The molecule has 152 valence electrons. The lowest BCUT2D eigenvalue weighted by atomic mass is 9.77. The van der Waals surface area contributed by atoms with Gasteiger partial charge in [-0.3, -0.25) is 4.79 Å². The smallest absolute Gasteiger partial charge is 0.334 e. The first-order chi connectivity index (χ1) is 12.9. The molecule has 0 aromatic heterocycles. The minimum absolute atomic E-state index is 0.0393. The van der Waals surface area contributed by atoms with Gasteiger partial charge in [0.25, 0.3) is 0 Å². The van der Waals surface area contributed by atoms with E-state index in [2.05, 4.69) is 10.0 Å². The molecule has 28 heavy (non-hydrogen) atoms. The Labute approximate surface area is 165 Å². The van der Waals surface area contributed by atoms with Crippen LogP contribution >= 0.6 is 0 Å². The van der Waals surface area contributed by atoms with E-state index in [9.17, 15) is 23.1 Å². The number of aliphatic carboxylic acids is 1. The van der Waals surface area contributed by atoms with E-state index in [4.69, 9.17) is 0 Å². The van der Waals surface area contributed by atoms with Crippen LogP contribution in [0.1, 0.15) is 44.7 Å². The van der Waals surface area contributed by atoms with Crippen LogP contribution in [0.4, 0.5) is 0 Å². The number of hydrogen-bond donors (Lipinski definition) is 3. The topological polar surface area (TPSA) is 113 Å². The Hall–Kier alpha value is -2.45. The van der Waals surface area contributed by atoms with Crippen molar-refractivity contribution >= 4 is 21.8 Å². The van der Waals surface area contributed by atoms with E-state index in [0.717, 1.165) is 5.56 Å². The van der Waals surface area contributed by atoms with Crippen LogP contribution in [0, 0.1) is 6.92 Å². The summed E-state index contributed by atoms with van der Waals surface area (Å²) in [5, 5.41) is 12.7. The van der Waals surface area contributed by atoms with Gasteiger partial charge in [0, 0.05) is 28.9 Å². The van der Waals surface area contributed by atoms with Gasteiger partial charge in [-0.2, -0.15) is 0 Å². The Morgan fingerprint density at radius 2 is 1.68 bits per heavy atom. The Morgan fingerprint density at radius 3 is 2.21 bits per heavy atom. The lowest BCUT2D eigenvalue weighted by Crippen LogP contribution is -2.38. The minimum Gasteiger partial charge on any atom is -0.478 e. The number of rotatable bonds is 7. The summed E-state index contributed by atoms with van der Waals surface area (Å²) >= 11 is 0. The number of sulfonamides is 1. The molecule has 1 unspecified atom stereocenters. The summed E-state index contributed by atoms with van der Waals surface area (Å²) in [7, 11) is -3.84. The summed E-state index contributed by atoms with van der Waals surface area (Å²) < 4.78 is 27.0. The molecular formula is C20H26N2O5S. The molecule has 8 heteroatoms. The van der Waals surface area contributed by atoms with Gasteiger partial charge >= 0.3 is 5.97 Å². The van der Waals surface area contributed by atoms with Crippen LogP contribution in [-0.2, 0) is 19.6 Å². The number of hydrogen-bond acceptors (Lipinski definition) is 5. The molecule has 1 atom stereocenters. The maximum atomic E-state index is 13.0. The average molecular weight is 407 g/mol. The lowest BCUT2D eigenvalue weighted by molar-refractivity contribution is -0.133. The molecule has 1 aromatic rings. The molecular weight excluding hydrogens is 380 g/mol. The molecule has 0 amide bonds. The third-order valence-electron chi connectivity index (χ3n) is 4.53. The summed E-state index contributed by atoms with van der Waals surface area (Å²) in [5.41, 5.74) is 2.57. The summed E-state index contributed by atoms with van der Waals surface area (Å²) in [5.74, 6) is -3.37. The van der Waals surface area contributed by atoms with Crippen LogP contribution in [0.25, 0.3) is 0 Å². The maximum Gasteiger partial charge on any atom is 0.334 e. The first kappa shape index (κ1) is 21.8. The van der Waals surface area contributed by atoms with E-state index in [0.29, 0.717) is 17.0 Å². The number of dihydropyridines is 1. The van der Waals surface area contributed by atoms with Crippen molar-refractivity contribution in [1.29, 1.82) is 0 Å². The Balaban J connectivity index is 2.60. The van der Waals surface area contributed by atoms with Gasteiger partial charge in [-0.1, -0.05) is 24.3 Å². The standard InChI is InChI=1S/C20H26N2O5S/c1-11(2)22-28(26,27)10-16(23)17-13(4)21-14(5)18(20(24)25)19(17)15-9-7-6-8-12(15)3/h6-9,11,19,21-22H,10H2,1-5H3,(H,24,25). The van der Waals surface area contributed by atoms with Crippen molar-refractivity contribution in [3.05, 3.63) is 57.9 Å². The van der Waals surface area contributed by atoms with Crippen molar-refractivity contribution in [2.75, 3.05) is 5.75 Å². The van der Waals surface area contributed by atoms with Crippen LogP contribution < -0.4 is 10.0 Å². The SMILES string of the molecule is CC1=C(C(=O)O)C(c2ccccc2C)C(C(=O)CS(=O)(=O)NC(C)C)=C(C)N1. The molecule has 0 fully saturated rings. The van der Waals surface area contributed by atoms with Crippen molar-refractivity contribution in [1.82, 2.24) is 10.0 Å². The van der Waals surface area contributed by atoms with Crippen molar-refractivity contribution in [2.45, 2.75) is 46.6 Å². The van der Waals surface area contributed by atoms with Gasteiger partial charge in [0.15, 0.2) is 5.78 Å². The number of benzene rings is 1. The second-order valence-electron chi connectivity index (χ2n) is 7.25. The number of allylic oxidation sites excluding steroid dienone is 3. The predicted octanol–water partition coefficient (Wildman–Crippen LogP) is 2.21. The van der Waals surface area contributed by atoms with E-state index >= 15 is 0 Å². The highest BCUT2D eigenvalue weighted by Crippen LogP contribution is 2.39. The second kappa shape index (κ2) is 8.28. The average Bonchev–Trinajstić information content (AvgIpc) is 2.51. The molecule has 2 rings (SSSR count). The summed E-state index contributed by atoms with van der Waals surface area (Å²) in [6.45, 7) is 8.46. The van der Waals surface area contributed by atoms with Crippen molar-refractivity contribution in [2.24, 2.45) is 0 Å². The molecule has 1 aliphatic rings. The zero-order valence-corrected chi connectivity index (χ0v) is 17.5. The molecule has 0 spiro atoms. The zero-order chi connectivity index (χ0) is 21.2. The van der Waals surface area contributed by atoms with Gasteiger partial charge in [0.05, 0.1) is 5.57 Å². The number of carboxylic acid groups (broad SMARTS) is 1. The summed E-state index contributed by atoms with van der Waals surface area (Å²) in [6.07, 6.45) is 0. The van der Waals surface area contributed by atoms with Gasteiger partial charge in [0.2, 0.25) is 10.0 Å². The number of carboxylic acids is 1. The van der Waals surface area contributed by atoms with E-state index in [-0.39, 0.29) is 17.2 Å². The third kappa shape index (κ3) is 4.69. The normalized spacial score (nSPS) is 17.7. The lowest BCUT2D eigenvalue weighted by Gasteiger charge is -2.31. The first-order valence-corrected chi connectivity index (χ1v) is 10.6. The number of aryl methyl sites for hydroxylation is 1. The quantitative estimate of drug-likeness (QED) is 0.640. The fourth-order valence-electron chi connectivity index (χ4n) is 3.52. The highest BCUT2D eigenvalue weighted by atomic mass is 32.2. The molecule has 0 saturated heterocycles. The summed E-state index contributed by atoms with van der Waals surface area (Å²) in [4.78, 5) is 25.0. The predicted molar refractivity (Wildman–Crippen MR) is 107 cm³/mol. The highest BCUT2D eigenvalue weighted by Gasteiger charge is 2.38. The van der Waals surface area contributed by atoms with E-state index in [1.165, 1.54) is 0 Å². The number of carbonyl (C=O) groups is 2. The van der Waals surface area contributed by atoms with Crippen molar-refractivity contribution in [3.8, 4) is 0 Å². The number of carbonyl (C=O) groups excluding carboxylic acids is 1. The van der Waals surface area contributed by atoms with Crippen LogP contribution in [0.15, 0.2) is 46.8 Å². The molecule has 1 aromatic carbocycles. The Bertz CT molecular complexity index is 974. The van der Waals surface area contributed by atoms with E-state index in [1.807, 2.05) is 19.1 Å². The molecule has 7 nitrogen and oxygen atoms in total. The van der Waals surface area contributed by atoms with Gasteiger partial charge < -0.3 is 10.4 Å². The molecule has 1 heterocycles.